The minimum Gasteiger partial charge on any atom is -0.495 e. The average molecular weight is 258 g/mol. The van der Waals surface area contributed by atoms with Gasteiger partial charge in [-0.15, -0.1) is 0 Å². The number of amides is 1. The predicted octanol–water partition coefficient (Wildman–Crippen LogP) is 2.35. The fourth-order valence-corrected chi connectivity index (χ4v) is 1.61. The lowest BCUT2D eigenvalue weighted by atomic mass is 10.1. The van der Waals surface area contributed by atoms with Crippen LogP contribution in [0.2, 0.25) is 5.02 Å². The summed E-state index contributed by atoms with van der Waals surface area (Å²) >= 11 is 5.98. The van der Waals surface area contributed by atoms with Gasteiger partial charge in [0.05, 0.1) is 18.7 Å². The van der Waals surface area contributed by atoms with Gasteiger partial charge >= 0.3 is 0 Å². The summed E-state index contributed by atoms with van der Waals surface area (Å²) in [6.07, 6.45) is 0.977. The molecule has 0 spiro atoms. The molecule has 0 aliphatic heterocycles. The van der Waals surface area contributed by atoms with Crippen LogP contribution in [0, 0.1) is 0 Å². The van der Waals surface area contributed by atoms with E-state index in [1.807, 2.05) is 13.0 Å². The fourth-order valence-electron chi connectivity index (χ4n) is 1.33. The van der Waals surface area contributed by atoms with Crippen molar-refractivity contribution in [2.24, 2.45) is 0 Å². The second-order valence-corrected chi connectivity index (χ2v) is 3.83. The van der Waals surface area contributed by atoms with Crippen molar-refractivity contribution in [1.82, 2.24) is 5.48 Å². The zero-order valence-electron chi connectivity index (χ0n) is 9.96. The van der Waals surface area contributed by atoms with Gasteiger partial charge in [-0.2, -0.15) is 0 Å². The molecule has 1 aromatic carbocycles. The van der Waals surface area contributed by atoms with E-state index in [0.717, 1.165) is 5.56 Å². The van der Waals surface area contributed by atoms with Crippen LogP contribution < -0.4 is 10.2 Å². The van der Waals surface area contributed by atoms with Crippen LogP contribution >= 0.6 is 11.6 Å². The van der Waals surface area contributed by atoms with Gasteiger partial charge in [0.2, 0.25) is 5.91 Å². The number of hydrogen-bond donors (Lipinski definition) is 1. The molecule has 0 saturated carbocycles. The maximum atomic E-state index is 11.3. The van der Waals surface area contributed by atoms with Crippen molar-refractivity contribution in [2.45, 2.75) is 19.8 Å². The minimum absolute atomic E-state index is 0.140. The number of carbonyl (C=O) groups is 1. The van der Waals surface area contributed by atoms with E-state index in [2.05, 4.69) is 5.48 Å². The first-order valence-corrected chi connectivity index (χ1v) is 5.78. The third-order valence-electron chi connectivity index (χ3n) is 2.19. The second-order valence-electron chi connectivity index (χ2n) is 3.43. The molecule has 0 atom stereocenters. The molecule has 0 bridgehead atoms. The van der Waals surface area contributed by atoms with Crippen molar-refractivity contribution < 1.29 is 14.4 Å². The van der Waals surface area contributed by atoms with Gasteiger partial charge < -0.3 is 4.74 Å². The molecule has 5 heteroatoms. The number of carbonyl (C=O) groups excluding carboxylic acids is 1. The van der Waals surface area contributed by atoms with E-state index in [1.54, 1.807) is 19.2 Å². The van der Waals surface area contributed by atoms with E-state index in [-0.39, 0.29) is 5.91 Å². The Kier molecular flexibility index (Phi) is 5.80. The van der Waals surface area contributed by atoms with Crippen molar-refractivity contribution in [3.8, 4) is 5.75 Å². The largest absolute Gasteiger partial charge is 0.495 e. The number of hydrogen-bond acceptors (Lipinski definition) is 3. The Bertz CT molecular complexity index is 382. The molecule has 4 nitrogen and oxygen atoms in total. The number of aryl methyl sites for hydroxylation is 1. The minimum atomic E-state index is -0.140. The van der Waals surface area contributed by atoms with Crippen LogP contribution in [0.15, 0.2) is 18.2 Å². The summed E-state index contributed by atoms with van der Waals surface area (Å²) in [5.41, 5.74) is 3.33. The Morgan fingerprint density at radius 3 is 2.82 bits per heavy atom. The lowest BCUT2D eigenvalue weighted by Crippen LogP contribution is -2.23. The lowest BCUT2D eigenvalue weighted by Gasteiger charge is -2.06. The zero-order valence-corrected chi connectivity index (χ0v) is 10.7. The quantitative estimate of drug-likeness (QED) is 0.796. The maximum Gasteiger partial charge on any atom is 0.243 e. The number of hydroxylamine groups is 1. The van der Waals surface area contributed by atoms with Crippen LogP contribution in [-0.2, 0) is 16.1 Å². The lowest BCUT2D eigenvalue weighted by molar-refractivity contribution is -0.133. The van der Waals surface area contributed by atoms with Crippen LogP contribution in [0.1, 0.15) is 18.9 Å². The van der Waals surface area contributed by atoms with E-state index < -0.39 is 0 Å². The molecule has 17 heavy (non-hydrogen) atoms. The Balaban J connectivity index is 2.47. The molecule has 1 aromatic rings. The first-order chi connectivity index (χ1) is 8.17. The third kappa shape index (κ3) is 4.63. The average Bonchev–Trinajstić information content (AvgIpc) is 2.34. The van der Waals surface area contributed by atoms with E-state index in [4.69, 9.17) is 21.2 Å². The van der Waals surface area contributed by atoms with E-state index in [1.165, 1.54) is 0 Å². The summed E-state index contributed by atoms with van der Waals surface area (Å²) in [7, 11) is 1.57. The van der Waals surface area contributed by atoms with Crippen LogP contribution in [0.3, 0.4) is 0 Å². The third-order valence-corrected chi connectivity index (χ3v) is 2.48. The fraction of sp³-hybridized carbons (Fsp3) is 0.417. The molecular formula is C12H16ClNO3. The SMILES string of the molecule is CCONC(=O)CCc1ccc(OC)c(Cl)c1. The smallest absolute Gasteiger partial charge is 0.243 e. The van der Waals surface area contributed by atoms with Crippen LogP contribution in [0.5, 0.6) is 5.75 Å². The summed E-state index contributed by atoms with van der Waals surface area (Å²) in [6, 6.07) is 5.48. The predicted molar refractivity (Wildman–Crippen MR) is 66.1 cm³/mol. The van der Waals surface area contributed by atoms with Gasteiger partial charge in [0.15, 0.2) is 0 Å². The number of nitrogens with one attached hydrogen (secondary N) is 1. The normalized spacial score (nSPS) is 10.1. The van der Waals surface area contributed by atoms with Crippen molar-refractivity contribution in [2.75, 3.05) is 13.7 Å². The summed E-state index contributed by atoms with van der Waals surface area (Å²) in [5.74, 6) is 0.493. The van der Waals surface area contributed by atoms with Gasteiger partial charge in [-0.05, 0) is 31.0 Å². The van der Waals surface area contributed by atoms with Gasteiger partial charge in [-0.25, -0.2) is 5.48 Å². The molecule has 1 N–H and O–H groups in total. The first kappa shape index (κ1) is 13.8. The van der Waals surface area contributed by atoms with Gasteiger partial charge in [0, 0.05) is 6.42 Å². The Labute approximate surface area is 106 Å². The van der Waals surface area contributed by atoms with Crippen LogP contribution in [0.25, 0.3) is 0 Å². The standard InChI is InChI=1S/C12H16ClNO3/c1-3-17-14-12(15)7-5-9-4-6-11(16-2)10(13)8-9/h4,6,8H,3,5,7H2,1-2H3,(H,14,15). The summed E-state index contributed by atoms with van der Waals surface area (Å²) in [5, 5.41) is 0.551. The monoisotopic (exact) mass is 257 g/mol. The Hall–Kier alpha value is -1.26. The number of rotatable bonds is 6. The highest BCUT2D eigenvalue weighted by Gasteiger charge is 2.05. The van der Waals surface area contributed by atoms with Crippen molar-refractivity contribution in [1.29, 1.82) is 0 Å². The topological polar surface area (TPSA) is 47.6 Å². The van der Waals surface area contributed by atoms with Crippen molar-refractivity contribution in [3.05, 3.63) is 28.8 Å². The number of halogens is 1. The molecule has 0 heterocycles. The Morgan fingerprint density at radius 1 is 1.47 bits per heavy atom. The molecule has 0 fully saturated rings. The van der Waals surface area contributed by atoms with E-state index in [9.17, 15) is 4.79 Å². The van der Waals surface area contributed by atoms with Gasteiger partial charge in [0.1, 0.15) is 5.75 Å². The number of methoxy groups -OCH3 is 1. The molecule has 0 radical (unpaired) electrons. The van der Waals surface area contributed by atoms with Crippen LogP contribution in [0.4, 0.5) is 0 Å². The van der Waals surface area contributed by atoms with Gasteiger partial charge in [-0.3, -0.25) is 9.63 Å². The maximum absolute atomic E-state index is 11.3. The highest BCUT2D eigenvalue weighted by atomic mass is 35.5. The zero-order chi connectivity index (χ0) is 12.7. The summed E-state index contributed by atoms with van der Waals surface area (Å²) in [6.45, 7) is 2.27. The molecule has 1 rings (SSSR count). The molecule has 94 valence electrons. The highest BCUT2D eigenvalue weighted by Crippen LogP contribution is 2.25. The number of ether oxygens (including phenoxy) is 1. The summed E-state index contributed by atoms with van der Waals surface area (Å²) in [4.78, 5) is 16.1. The van der Waals surface area contributed by atoms with Gasteiger partial charge in [-0.1, -0.05) is 17.7 Å². The molecule has 0 aromatic heterocycles. The molecule has 0 saturated heterocycles. The van der Waals surface area contributed by atoms with Crippen molar-refractivity contribution >= 4 is 17.5 Å². The highest BCUT2D eigenvalue weighted by molar-refractivity contribution is 6.32. The van der Waals surface area contributed by atoms with Crippen LogP contribution in [-0.4, -0.2) is 19.6 Å². The molecule has 0 unspecified atom stereocenters. The second kappa shape index (κ2) is 7.14. The molecular weight excluding hydrogens is 242 g/mol. The van der Waals surface area contributed by atoms with Gasteiger partial charge in [0.25, 0.3) is 0 Å². The molecule has 0 aliphatic carbocycles. The van der Waals surface area contributed by atoms with Crippen molar-refractivity contribution in [3.63, 3.8) is 0 Å². The Morgan fingerprint density at radius 2 is 2.24 bits per heavy atom. The first-order valence-electron chi connectivity index (χ1n) is 5.40. The molecule has 1 amide bonds. The van der Waals surface area contributed by atoms with E-state index >= 15 is 0 Å². The summed E-state index contributed by atoms with van der Waals surface area (Å²) < 4.78 is 5.05. The van der Waals surface area contributed by atoms with E-state index in [0.29, 0.717) is 30.2 Å². The molecule has 0 aliphatic rings. The number of benzene rings is 1.